The van der Waals surface area contributed by atoms with Crippen molar-refractivity contribution in [1.82, 2.24) is 29.7 Å². The molecule has 4 heterocycles. The van der Waals surface area contributed by atoms with Gasteiger partial charge in [-0.2, -0.15) is 23.4 Å². The number of aromatic nitrogens is 5. The Bertz CT molecular complexity index is 1200. The Hall–Kier alpha value is -3.21. The van der Waals surface area contributed by atoms with Crippen LogP contribution >= 0.6 is 11.3 Å². The van der Waals surface area contributed by atoms with E-state index in [1.54, 1.807) is 41.4 Å². The Morgan fingerprint density at radius 1 is 1.30 bits per heavy atom. The summed E-state index contributed by atoms with van der Waals surface area (Å²) in [6, 6.07) is 6.99. The summed E-state index contributed by atoms with van der Waals surface area (Å²) in [5.41, 5.74) is -0.233. The van der Waals surface area contributed by atoms with Crippen LogP contribution in [-0.2, 0) is 12.7 Å². The highest BCUT2D eigenvalue weighted by Crippen LogP contribution is 2.33. The standard InChI is InChI=1S/C19H17F3N6OS/c1-3-27-14(6-7-23-27)11(2)24-18(29)13-10-17-25-12(15-5-4-8-30-15)9-16(19(20,21)22)28(17)26-13/h4-11H,3H2,1-2H3,(H,24,29). The van der Waals surface area contributed by atoms with E-state index in [1.807, 2.05) is 6.92 Å². The molecule has 1 atom stereocenters. The number of aryl methyl sites for hydroxylation is 1. The molecule has 30 heavy (non-hydrogen) atoms. The first-order valence-corrected chi connectivity index (χ1v) is 10.0. The van der Waals surface area contributed by atoms with Gasteiger partial charge in [0.1, 0.15) is 0 Å². The quantitative estimate of drug-likeness (QED) is 0.511. The van der Waals surface area contributed by atoms with E-state index in [0.29, 0.717) is 15.9 Å². The molecule has 0 aliphatic rings. The number of hydrogen-bond acceptors (Lipinski definition) is 5. The second-order valence-electron chi connectivity index (χ2n) is 6.57. The number of hydrogen-bond donors (Lipinski definition) is 1. The Balaban J connectivity index is 1.71. The molecule has 1 N–H and O–H groups in total. The van der Waals surface area contributed by atoms with Crippen molar-refractivity contribution in [3.8, 4) is 10.6 Å². The first-order chi connectivity index (χ1) is 14.3. The van der Waals surface area contributed by atoms with Crippen LogP contribution in [0.25, 0.3) is 16.2 Å². The molecule has 156 valence electrons. The first kappa shape index (κ1) is 20.1. The van der Waals surface area contributed by atoms with Crippen LogP contribution in [0, 0.1) is 0 Å². The summed E-state index contributed by atoms with van der Waals surface area (Å²) in [6.07, 6.45) is -3.04. The Morgan fingerprint density at radius 3 is 2.77 bits per heavy atom. The highest BCUT2D eigenvalue weighted by molar-refractivity contribution is 7.13. The molecule has 7 nitrogen and oxygen atoms in total. The second-order valence-corrected chi connectivity index (χ2v) is 7.52. The number of fused-ring (bicyclic) bond motifs is 1. The van der Waals surface area contributed by atoms with E-state index in [0.717, 1.165) is 11.8 Å². The lowest BCUT2D eigenvalue weighted by Crippen LogP contribution is -2.28. The smallest absolute Gasteiger partial charge is 0.343 e. The van der Waals surface area contributed by atoms with Gasteiger partial charge in [0.05, 0.1) is 22.3 Å². The molecule has 0 aromatic carbocycles. The molecule has 0 radical (unpaired) electrons. The minimum absolute atomic E-state index is 0.0513. The third-order valence-corrected chi connectivity index (χ3v) is 5.46. The predicted molar refractivity (Wildman–Crippen MR) is 105 cm³/mol. The molecular formula is C19H17F3N6OS. The number of carbonyl (C=O) groups is 1. The number of alkyl halides is 3. The molecule has 0 aliphatic heterocycles. The maximum Gasteiger partial charge on any atom is 0.433 e. The van der Waals surface area contributed by atoms with Gasteiger partial charge in [-0.25, -0.2) is 9.50 Å². The minimum atomic E-state index is -4.66. The summed E-state index contributed by atoms with van der Waals surface area (Å²) in [5, 5.41) is 12.5. The van der Waals surface area contributed by atoms with E-state index in [4.69, 9.17) is 0 Å². The van der Waals surface area contributed by atoms with Crippen LogP contribution in [0.2, 0.25) is 0 Å². The van der Waals surface area contributed by atoms with Crippen LogP contribution in [0.5, 0.6) is 0 Å². The lowest BCUT2D eigenvalue weighted by molar-refractivity contribution is -0.142. The second kappa shape index (κ2) is 7.56. The van der Waals surface area contributed by atoms with Gasteiger partial charge < -0.3 is 5.32 Å². The zero-order valence-corrected chi connectivity index (χ0v) is 16.8. The number of thiophene rings is 1. The van der Waals surface area contributed by atoms with Crippen LogP contribution in [0.3, 0.4) is 0 Å². The van der Waals surface area contributed by atoms with Crippen LogP contribution in [0.4, 0.5) is 13.2 Å². The van der Waals surface area contributed by atoms with E-state index in [9.17, 15) is 18.0 Å². The van der Waals surface area contributed by atoms with Gasteiger partial charge in [-0.3, -0.25) is 9.48 Å². The van der Waals surface area contributed by atoms with Gasteiger partial charge in [-0.15, -0.1) is 11.3 Å². The van der Waals surface area contributed by atoms with E-state index >= 15 is 0 Å². The Morgan fingerprint density at radius 2 is 2.10 bits per heavy atom. The fourth-order valence-electron chi connectivity index (χ4n) is 3.16. The molecule has 0 fully saturated rings. The molecule has 0 bridgehead atoms. The van der Waals surface area contributed by atoms with Crippen molar-refractivity contribution in [2.75, 3.05) is 0 Å². The van der Waals surface area contributed by atoms with Crippen molar-refractivity contribution in [3.63, 3.8) is 0 Å². The van der Waals surface area contributed by atoms with E-state index in [2.05, 4.69) is 20.5 Å². The zero-order chi connectivity index (χ0) is 21.5. The van der Waals surface area contributed by atoms with Gasteiger partial charge in [0.25, 0.3) is 5.91 Å². The third kappa shape index (κ3) is 3.67. The predicted octanol–water partition coefficient (Wildman–Crippen LogP) is 4.18. The summed E-state index contributed by atoms with van der Waals surface area (Å²) in [6.45, 7) is 4.31. The molecule has 1 amide bonds. The molecule has 0 saturated carbocycles. The molecule has 0 spiro atoms. The minimum Gasteiger partial charge on any atom is -0.343 e. The highest BCUT2D eigenvalue weighted by atomic mass is 32.1. The Kier molecular flexibility index (Phi) is 5.06. The molecule has 0 aliphatic carbocycles. The number of rotatable bonds is 5. The molecule has 4 aromatic rings. The van der Waals surface area contributed by atoms with Crippen molar-refractivity contribution in [1.29, 1.82) is 0 Å². The zero-order valence-electron chi connectivity index (χ0n) is 16.0. The van der Waals surface area contributed by atoms with Crippen molar-refractivity contribution in [2.24, 2.45) is 0 Å². The van der Waals surface area contributed by atoms with Crippen LogP contribution in [0.15, 0.2) is 41.9 Å². The summed E-state index contributed by atoms with van der Waals surface area (Å²) in [5.74, 6) is -0.595. The monoisotopic (exact) mass is 434 g/mol. The topological polar surface area (TPSA) is 77.1 Å². The van der Waals surface area contributed by atoms with Gasteiger partial charge in [-0.1, -0.05) is 6.07 Å². The van der Waals surface area contributed by atoms with E-state index in [1.165, 1.54) is 17.4 Å². The number of halogens is 3. The van der Waals surface area contributed by atoms with Gasteiger partial charge in [0.2, 0.25) is 0 Å². The van der Waals surface area contributed by atoms with Gasteiger partial charge >= 0.3 is 6.18 Å². The summed E-state index contributed by atoms with van der Waals surface area (Å²) >= 11 is 1.28. The number of carbonyl (C=O) groups excluding carboxylic acids is 1. The number of amides is 1. The van der Waals surface area contributed by atoms with Crippen LogP contribution in [-0.4, -0.2) is 30.3 Å². The first-order valence-electron chi connectivity index (χ1n) is 9.12. The fourth-order valence-corrected chi connectivity index (χ4v) is 3.84. The summed E-state index contributed by atoms with van der Waals surface area (Å²) in [7, 11) is 0. The van der Waals surface area contributed by atoms with Crippen molar-refractivity contribution in [2.45, 2.75) is 32.6 Å². The maximum absolute atomic E-state index is 13.6. The number of nitrogens with one attached hydrogen (secondary N) is 1. The Labute approximate surface area is 173 Å². The maximum atomic E-state index is 13.6. The molecule has 4 rings (SSSR count). The fraction of sp³-hybridized carbons (Fsp3) is 0.263. The van der Waals surface area contributed by atoms with Crippen molar-refractivity contribution in [3.05, 3.63) is 59.0 Å². The average molecular weight is 434 g/mol. The SMILES string of the molecule is CCn1nccc1C(C)NC(=O)c1cc2nc(-c3cccs3)cc(C(F)(F)F)n2n1. The average Bonchev–Trinajstić information content (AvgIpc) is 3.45. The van der Waals surface area contributed by atoms with E-state index < -0.39 is 23.8 Å². The number of nitrogens with zero attached hydrogens (tertiary/aromatic N) is 5. The lowest BCUT2D eigenvalue weighted by Gasteiger charge is -2.14. The molecular weight excluding hydrogens is 417 g/mol. The molecule has 11 heteroatoms. The summed E-state index contributed by atoms with van der Waals surface area (Å²) in [4.78, 5) is 17.5. The molecule has 1 unspecified atom stereocenters. The highest BCUT2D eigenvalue weighted by Gasteiger charge is 2.36. The van der Waals surface area contributed by atoms with Crippen LogP contribution < -0.4 is 5.32 Å². The van der Waals surface area contributed by atoms with Gasteiger partial charge in [0, 0.05) is 18.8 Å². The molecule has 4 aromatic heterocycles. The normalized spacial score (nSPS) is 13.0. The van der Waals surface area contributed by atoms with Crippen LogP contribution in [0.1, 0.15) is 41.8 Å². The largest absolute Gasteiger partial charge is 0.433 e. The van der Waals surface area contributed by atoms with Gasteiger partial charge in [-0.05, 0) is 37.4 Å². The van der Waals surface area contributed by atoms with Crippen molar-refractivity contribution < 1.29 is 18.0 Å². The van der Waals surface area contributed by atoms with Crippen molar-refractivity contribution >= 4 is 22.9 Å². The molecule has 0 saturated heterocycles. The third-order valence-electron chi connectivity index (χ3n) is 4.56. The summed E-state index contributed by atoms with van der Waals surface area (Å²) < 4.78 is 43.3. The van der Waals surface area contributed by atoms with Gasteiger partial charge in [0.15, 0.2) is 17.0 Å². The van der Waals surface area contributed by atoms with E-state index in [-0.39, 0.29) is 17.0 Å². The lowest BCUT2D eigenvalue weighted by atomic mass is 10.2.